The zero-order valence-corrected chi connectivity index (χ0v) is 15.5. The molecule has 2 aromatic carbocycles. The van der Waals surface area contributed by atoms with Crippen molar-refractivity contribution in [2.24, 2.45) is 0 Å². The number of hydrogen-bond acceptors (Lipinski definition) is 4. The Morgan fingerprint density at radius 1 is 0.917 bits per heavy atom. The highest BCUT2D eigenvalue weighted by atomic mass is 35.5. The fraction of sp³-hybridized carbons (Fsp3) is 0.333. The number of methoxy groups -OCH3 is 3. The Kier molecular flexibility index (Phi) is 7.03. The molecule has 0 bridgehead atoms. The van der Waals surface area contributed by atoms with E-state index in [4.69, 9.17) is 37.4 Å². The zero-order chi connectivity index (χ0) is 17.5. The number of ether oxygens (including phenoxy) is 3. The molecule has 6 heteroatoms. The van der Waals surface area contributed by atoms with E-state index in [1.54, 1.807) is 27.4 Å². The van der Waals surface area contributed by atoms with Crippen LogP contribution in [-0.4, -0.2) is 27.9 Å². The first kappa shape index (κ1) is 18.7. The minimum Gasteiger partial charge on any atom is -0.495 e. The summed E-state index contributed by atoms with van der Waals surface area (Å²) < 4.78 is 15.9. The lowest BCUT2D eigenvalue weighted by atomic mass is 10.1. The molecule has 0 saturated carbocycles. The molecule has 0 aliphatic rings. The zero-order valence-electron chi connectivity index (χ0n) is 14.0. The molecule has 4 nitrogen and oxygen atoms in total. The quantitative estimate of drug-likeness (QED) is 0.702. The van der Waals surface area contributed by atoms with E-state index < -0.39 is 0 Å². The van der Waals surface area contributed by atoms with Crippen LogP contribution in [0.15, 0.2) is 30.3 Å². The number of hydrogen-bond donors (Lipinski definition) is 1. The minimum atomic E-state index is 0.515. The average molecular weight is 370 g/mol. The minimum absolute atomic E-state index is 0.515. The molecule has 0 spiro atoms. The second-order valence-corrected chi connectivity index (χ2v) is 6.04. The molecule has 0 aliphatic carbocycles. The highest BCUT2D eigenvalue weighted by molar-refractivity contribution is 6.35. The van der Waals surface area contributed by atoms with Gasteiger partial charge in [-0.3, -0.25) is 0 Å². The average Bonchev–Trinajstić information content (AvgIpc) is 2.58. The first-order valence-electron chi connectivity index (χ1n) is 7.52. The highest BCUT2D eigenvalue weighted by Crippen LogP contribution is 2.32. The van der Waals surface area contributed by atoms with Crippen LogP contribution in [0.25, 0.3) is 0 Å². The largest absolute Gasteiger partial charge is 0.495 e. The molecule has 2 rings (SSSR count). The van der Waals surface area contributed by atoms with Crippen molar-refractivity contribution in [3.8, 4) is 17.2 Å². The van der Waals surface area contributed by atoms with Crippen LogP contribution in [0.1, 0.15) is 11.1 Å². The summed E-state index contributed by atoms with van der Waals surface area (Å²) in [6, 6.07) is 9.45. The predicted octanol–water partition coefficient (Wildman–Crippen LogP) is 4.35. The van der Waals surface area contributed by atoms with Crippen molar-refractivity contribution in [1.82, 2.24) is 5.32 Å². The van der Waals surface area contributed by atoms with E-state index in [-0.39, 0.29) is 0 Å². The summed E-state index contributed by atoms with van der Waals surface area (Å²) in [5.74, 6) is 2.12. The maximum Gasteiger partial charge on any atom is 0.160 e. The Balaban J connectivity index is 1.94. The van der Waals surface area contributed by atoms with Gasteiger partial charge < -0.3 is 19.5 Å². The van der Waals surface area contributed by atoms with Gasteiger partial charge in [-0.1, -0.05) is 29.3 Å². The molecule has 0 amide bonds. The van der Waals surface area contributed by atoms with E-state index in [0.29, 0.717) is 22.3 Å². The van der Waals surface area contributed by atoms with Crippen molar-refractivity contribution in [1.29, 1.82) is 0 Å². The maximum atomic E-state index is 6.14. The van der Waals surface area contributed by atoms with Gasteiger partial charge in [0, 0.05) is 17.1 Å². The third-order valence-electron chi connectivity index (χ3n) is 3.64. The van der Waals surface area contributed by atoms with Gasteiger partial charge >= 0.3 is 0 Å². The lowest BCUT2D eigenvalue weighted by molar-refractivity contribution is 0.354. The van der Waals surface area contributed by atoms with Crippen LogP contribution in [0.5, 0.6) is 17.2 Å². The number of rotatable bonds is 8. The van der Waals surface area contributed by atoms with Crippen molar-refractivity contribution in [3.05, 3.63) is 51.5 Å². The second-order valence-electron chi connectivity index (χ2n) is 5.20. The van der Waals surface area contributed by atoms with Crippen LogP contribution < -0.4 is 19.5 Å². The van der Waals surface area contributed by atoms with Crippen LogP contribution in [0.4, 0.5) is 0 Å². The van der Waals surface area contributed by atoms with Crippen LogP contribution in [0, 0.1) is 0 Å². The standard InChI is InChI=1S/C18H21Cl2NO3/c1-22-16-5-4-12(8-17(16)23-2)6-7-21-11-13-9-14(19)10-15(20)18(13)24-3/h4-5,8-10,21H,6-7,11H2,1-3H3. The van der Waals surface area contributed by atoms with Gasteiger partial charge in [-0.25, -0.2) is 0 Å². The summed E-state index contributed by atoms with van der Waals surface area (Å²) in [5.41, 5.74) is 2.10. The van der Waals surface area contributed by atoms with E-state index in [1.165, 1.54) is 0 Å². The molecular weight excluding hydrogens is 349 g/mol. The number of halogens is 2. The molecule has 0 unspecified atom stereocenters. The van der Waals surface area contributed by atoms with Gasteiger partial charge in [-0.15, -0.1) is 0 Å². The lowest BCUT2D eigenvalue weighted by Crippen LogP contribution is -2.17. The maximum absolute atomic E-state index is 6.14. The first-order valence-corrected chi connectivity index (χ1v) is 8.28. The Morgan fingerprint density at radius 2 is 1.67 bits per heavy atom. The summed E-state index contributed by atoms with van der Waals surface area (Å²) in [6.45, 7) is 1.42. The van der Waals surface area contributed by atoms with Gasteiger partial charge in [0.05, 0.1) is 26.4 Å². The van der Waals surface area contributed by atoms with Gasteiger partial charge in [0.15, 0.2) is 11.5 Å². The summed E-state index contributed by atoms with van der Waals surface area (Å²) >= 11 is 12.2. The summed E-state index contributed by atoms with van der Waals surface area (Å²) in [6.07, 6.45) is 0.858. The number of benzene rings is 2. The molecule has 130 valence electrons. The topological polar surface area (TPSA) is 39.7 Å². The molecule has 24 heavy (non-hydrogen) atoms. The molecule has 0 fully saturated rings. The summed E-state index contributed by atoms with van der Waals surface area (Å²) in [4.78, 5) is 0. The highest BCUT2D eigenvalue weighted by Gasteiger charge is 2.09. The van der Waals surface area contributed by atoms with Crippen molar-refractivity contribution >= 4 is 23.2 Å². The van der Waals surface area contributed by atoms with E-state index in [2.05, 4.69) is 5.32 Å². The normalized spacial score (nSPS) is 10.5. The van der Waals surface area contributed by atoms with Gasteiger partial charge in [-0.2, -0.15) is 0 Å². The number of nitrogens with one attached hydrogen (secondary N) is 1. The van der Waals surface area contributed by atoms with Crippen LogP contribution in [-0.2, 0) is 13.0 Å². The third-order valence-corrected chi connectivity index (χ3v) is 4.14. The summed E-state index contributed by atoms with van der Waals surface area (Å²) in [7, 11) is 4.86. The molecular formula is C18H21Cl2NO3. The van der Waals surface area contributed by atoms with Gasteiger partial charge in [0.25, 0.3) is 0 Å². The molecule has 0 heterocycles. The van der Waals surface area contributed by atoms with Crippen molar-refractivity contribution in [3.63, 3.8) is 0 Å². The molecule has 1 N–H and O–H groups in total. The Hall–Kier alpha value is -1.62. The third kappa shape index (κ3) is 4.69. The monoisotopic (exact) mass is 369 g/mol. The van der Waals surface area contributed by atoms with Gasteiger partial charge in [0.2, 0.25) is 0 Å². The van der Waals surface area contributed by atoms with Crippen LogP contribution >= 0.6 is 23.2 Å². The fourth-order valence-electron chi connectivity index (χ4n) is 2.47. The van der Waals surface area contributed by atoms with E-state index in [1.807, 2.05) is 24.3 Å². The predicted molar refractivity (Wildman–Crippen MR) is 98.0 cm³/mol. The van der Waals surface area contributed by atoms with Crippen LogP contribution in [0.2, 0.25) is 10.0 Å². The molecule has 0 radical (unpaired) electrons. The van der Waals surface area contributed by atoms with Crippen molar-refractivity contribution in [2.45, 2.75) is 13.0 Å². The summed E-state index contributed by atoms with van der Waals surface area (Å²) in [5, 5.41) is 4.49. The molecule has 0 aromatic heterocycles. The van der Waals surface area contributed by atoms with Gasteiger partial charge in [-0.05, 0) is 42.8 Å². The Bertz CT molecular complexity index is 692. The van der Waals surface area contributed by atoms with Crippen molar-refractivity contribution in [2.75, 3.05) is 27.9 Å². The van der Waals surface area contributed by atoms with Gasteiger partial charge in [0.1, 0.15) is 5.75 Å². The molecule has 0 aliphatic heterocycles. The second kappa shape index (κ2) is 9.02. The van der Waals surface area contributed by atoms with E-state index >= 15 is 0 Å². The molecule has 0 atom stereocenters. The smallest absolute Gasteiger partial charge is 0.160 e. The fourth-order valence-corrected chi connectivity index (χ4v) is 3.08. The van der Waals surface area contributed by atoms with Crippen molar-refractivity contribution < 1.29 is 14.2 Å². The molecule has 0 saturated heterocycles. The van der Waals surface area contributed by atoms with E-state index in [9.17, 15) is 0 Å². The van der Waals surface area contributed by atoms with E-state index in [0.717, 1.165) is 35.6 Å². The SMILES string of the molecule is COc1ccc(CCNCc2cc(Cl)cc(Cl)c2OC)cc1OC. The first-order chi connectivity index (χ1) is 11.6. The van der Waals surface area contributed by atoms with Crippen LogP contribution in [0.3, 0.4) is 0 Å². The Labute approximate surface area is 152 Å². The molecule has 2 aromatic rings. The lowest BCUT2D eigenvalue weighted by Gasteiger charge is -2.13. The Morgan fingerprint density at radius 3 is 2.33 bits per heavy atom.